The number of nitriles is 1. The van der Waals surface area contributed by atoms with Crippen molar-refractivity contribution in [3.63, 3.8) is 0 Å². The van der Waals surface area contributed by atoms with Crippen LogP contribution in [0.3, 0.4) is 0 Å². The van der Waals surface area contributed by atoms with Crippen molar-refractivity contribution in [2.75, 3.05) is 18.0 Å². The fraction of sp³-hybridized carbons (Fsp3) is 0.312. The highest BCUT2D eigenvalue weighted by atomic mass is 16.6. The number of nitrogens with one attached hydrogen (secondary N) is 1. The number of benzene rings is 3. The molecule has 0 bridgehead atoms. The molecule has 41 heavy (non-hydrogen) atoms. The molecule has 1 saturated heterocycles. The highest BCUT2D eigenvalue weighted by Gasteiger charge is 2.24. The predicted molar refractivity (Wildman–Crippen MR) is 155 cm³/mol. The Bertz CT molecular complexity index is 1510. The molecule has 1 aromatic heterocycles. The Labute approximate surface area is 239 Å². The molecular weight excluding hydrogens is 518 g/mol. The standard InChI is InChI=1S/C32H33N5O4/c1-32(2,3)40-31(38)34-26-16-18-37(19-17-26)27-12-8-22(9-13-27)29-35-30(41-36-29)23-10-14-28(15-11-23)39-21-25-7-5-4-6-24(25)20-33/h4-15,26H,16-19,21H2,1-3H3,(H,34,38). The second-order valence-electron chi connectivity index (χ2n) is 11.0. The zero-order valence-electron chi connectivity index (χ0n) is 23.5. The van der Waals surface area contributed by atoms with E-state index in [1.165, 1.54) is 0 Å². The molecule has 9 heteroatoms. The van der Waals surface area contributed by atoms with E-state index in [9.17, 15) is 10.1 Å². The predicted octanol–water partition coefficient (Wildman–Crippen LogP) is 6.35. The number of nitrogens with zero attached hydrogens (tertiary/aromatic N) is 4. The van der Waals surface area contributed by atoms with Gasteiger partial charge in [0.05, 0.1) is 11.6 Å². The molecule has 1 fully saturated rings. The molecule has 1 aliphatic heterocycles. The maximum atomic E-state index is 12.1. The van der Waals surface area contributed by atoms with Gasteiger partial charge in [0.25, 0.3) is 5.89 Å². The first-order valence-corrected chi connectivity index (χ1v) is 13.7. The van der Waals surface area contributed by atoms with Gasteiger partial charge in [-0.3, -0.25) is 0 Å². The first-order chi connectivity index (χ1) is 19.8. The third-order valence-corrected chi connectivity index (χ3v) is 6.77. The molecule has 1 N–H and O–H groups in total. The van der Waals surface area contributed by atoms with E-state index in [1.54, 1.807) is 6.07 Å². The molecule has 0 spiro atoms. The number of piperidine rings is 1. The number of alkyl carbamates (subject to hydrolysis) is 1. The summed E-state index contributed by atoms with van der Waals surface area (Å²) in [5.41, 5.74) is 3.70. The third-order valence-electron chi connectivity index (χ3n) is 6.77. The van der Waals surface area contributed by atoms with E-state index in [4.69, 9.17) is 14.0 Å². The van der Waals surface area contributed by atoms with Crippen molar-refractivity contribution in [2.45, 2.75) is 51.9 Å². The molecule has 0 saturated carbocycles. The number of carbonyl (C=O) groups is 1. The van der Waals surface area contributed by atoms with Gasteiger partial charge in [0.1, 0.15) is 18.0 Å². The van der Waals surface area contributed by atoms with Gasteiger partial charge in [-0.1, -0.05) is 23.4 Å². The van der Waals surface area contributed by atoms with Crippen LogP contribution in [0, 0.1) is 11.3 Å². The van der Waals surface area contributed by atoms with Gasteiger partial charge in [-0.25, -0.2) is 4.79 Å². The second kappa shape index (κ2) is 12.1. The van der Waals surface area contributed by atoms with E-state index < -0.39 is 5.60 Å². The van der Waals surface area contributed by atoms with Crippen LogP contribution in [0.5, 0.6) is 5.75 Å². The molecule has 210 valence electrons. The van der Waals surface area contributed by atoms with Crippen LogP contribution < -0.4 is 15.0 Å². The van der Waals surface area contributed by atoms with Crippen molar-refractivity contribution in [3.05, 3.63) is 83.9 Å². The average Bonchev–Trinajstić information content (AvgIpc) is 3.46. The van der Waals surface area contributed by atoms with Crippen LogP contribution in [0.25, 0.3) is 22.8 Å². The van der Waals surface area contributed by atoms with E-state index in [1.807, 2.05) is 75.4 Å². The fourth-order valence-electron chi connectivity index (χ4n) is 4.65. The Morgan fingerprint density at radius 3 is 2.39 bits per heavy atom. The van der Waals surface area contributed by atoms with Gasteiger partial charge < -0.3 is 24.2 Å². The van der Waals surface area contributed by atoms with Crippen LogP contribution >= 0.6 is 0 Å². The lowest BCUT2D eigenvalue weighted by atomic mass is 10.0. The number of hydrogen-bond acceptors (Lipinski definition) is 8. The van der Waals surface area contributed by atoms with Gasteiger partial charge in [-0.2, -0.15) is 10.2 Å². The number of rotatable bonds is 7. The number of anilines is 1. The summed E-state index contributed by atoms with van der Waals surface area (Å²) >= 11 is 0. The largest absolute Gasteiger partial charge is 0.489 e. The summed E-state index contributed by atoms with van der Waals surface area (Å²) in [5, 5.41) is 16.4. The monoisotopic (exact) mass is 551 g/mol. The maximum Gasteiger partial charge on any atom is 0.407 e. The lowest BCUT2D eigenvalue weighted by Crippen LogP contribution is -2.46. The van der Waals surface area contributed by atoms with Crippen molar-refractivity contribution in [2.24, 2.45) is 0 Å². The summed E-state index contributed by atoms with van der Waals surface area (Å²) < 4.78 is 16.8. The number of aromatic nitrogens is 2. The van der Waals surface area contributed by atoms with E-state index in [2.05, 4.69) is 38.6 Å². The minimum absolute atomic E-state index is 0.110. The SMILES string of the molecule is CC(C)(C)OC(=O)NC1CCN(c2ccc(-c3noc(-c4ccc(OCc5ccccc5C#N)cc4)n3)cc2)CC1. The molecule has 5 rings (SSSR count). The molecule has 1 amide bonds. The second-order valence-corrected chi connectivity index (χ2v) is 11.0. The molecule has 2 heterocycles. The molecule has 4 aromatic rings. The van der Waals surface area contributed by atoms with Crippen LogP contribution in [-0.4, -0.2) is 41.0 Å². The molecule has 0 aliphatic carbocycles. The summed E-state index contributed by atoms with van der Waals surface area (Å²) in [6.45, 7) is 7.59. The molecule has 1 aliphatic rings. The lowest BCUT2D eigenvalue weighted by Gasteiger charge is -2.34. The summed E-state index contributed by atoms with van der Waals surface area (Å²) in [4.78, 5) is 19.0. The average molecular weight is 552 g/mol. The zero-order valence-corrected chi connectivity index (χ0v) is 23.5. The number of carbonyl (C=O) groups excluding carboxylic acids is 1. The molecule has 0 unspecified atom stereocenters. The Morgan fingerprint density at radius 1 is 1.02 bits per heavy atom. The normalized spacial score (nSPS) is 13.9. The van der Waals surface area contributed by atoms with Crippen LogP contribution in [0.15, 0.2) is 77.3 Å². The number of amides is 1. The van der Waals surface area contributed by atoms with Crippen LogP contribution in [0.2, 0.25) is 0 Å². The minimum atomic E-state index is -0.501. The van der Waals surface area contributed by atoms with Crippen molar-refractivity contribution in [1.29, 1.82) is 5.26 Å². The first-order valence-electron chi connectivity index (χ1n) is 13.7. The van der Waals surface area contributed by atoms with Crippen molar-refractivity contribution in [3.8, 4) is 34.7 Å². The molecular formula is C32H33N5O4. The molecule has 9 nitrogen and oxygen atoms in total. The maximum absolute atomic E-state index is 12.1. The van der Waals surface area contributed by atoms with Crippen molar-refractivity contribution >= 4 is 11.8 Å². The van der Waals surface area contributed by atoms with E-state index in [0.717, 1.165) is 48.3 Å². The van der Waals surface area contributed by atoms with Crippen molar-refractivity contribution in [1.82, 2.24) is 15.5 Å². The van der Waals surface area contributed by atoms with Gasteiger partial charge in [0, 0.05) is 41.5 Å². The van der Waals surface area contributed by atoms with Gasteiger partial charge in [0.15, 0.2) is 0 Å². The highest BCUT2D eigenvalue weighted by Crippen LogP contribution is 2.27. The summed E-state index contributed by atoms with van der Waals surface area (Å²) in [6, 6.07) is 25.2. The quantitative estimate of drug-likeness (QED) is 0.283. The number of ether oxygens (including phenoxy) is 2. The summed E-state index contributed by atoms with van der Waals surface area (Å²) in [5.74, 6) is 1.62. The summed E-state index contributed by atoms with van der Waals surface area (Å²) in [6.07, 6.45) is 1.35. The van der Waals surface area contributed by atoms with Crippen molar-refractivity contribution < 1.29 is 18.8 Å². The van der Waals surface area contributed by atoms with Crippen LogP contribution in [-0.2, 0) is 11.3 Å². The van der Waals surface area contributed by atoms with Gasteiger partial charge in [-0.05, 0) is 88.2 Å². The van der Waals surface area contributed by atoms with Gasteiger partial charge in [-0.15, -0.1) is 0 Å². The van der Waals surface area contributed by atoms with Crippen LogP contribution in [0.4, 0.5) is 10.5 Å². The smallest absolute Gasteiger partial charge is 0.407 e. The zero-order chi connectivity index (χ0) is 28.8. The Balaban J connectivity index is 1.14. The van der Waals surface area contributed by atoms with E-state index in [-0.39, 0.29) is 12.1 Å². The van der Waals surface area contributed by atoms with Crippen LogP contribution in [0.1, 0.15) is 44.7 Å². The van der Waals surface area contributed by atoms with Gasteiger partial charge >= 0.3 is 6.09 Å². The summed E-state index contributed by atoms with van der Waals surface area (Å²) in [7, 11) is 0. The molecule has 3 aromatic carbocycles. The Kier molecular flexibility index (Phi) is 8.20. The highest BCUT2D eigenvalue weighted by molar-refractivity contribution is 5.68. The Hall–Kier alpha value is -4.84. The van der Waals surface area contributed by atoms with Gasteiger partial charge in [0.2, 0.25) is 5.82 Å². The van der Waals surface area contributed by atoms with E-state index in [0.29, 0.717) is 29.6 Å². The third kappa shape index (κ3) is 7.22. The number of hydrogen-bond donors (Lipinski definition) is 1. The first kappa shape index (κ1) is 27.7. The lowest BCUT2D eigenvalue weighted by molar-refractivity contribution is 0.0497. The van der Waals surface area contributed by atoms with E-state index >= 15 is 0 Å². The molecule has 0 atom stereocenters. The topological polar surface area (TPSA) is 114 Å². The fourth-order valence-corrected chi connectivity index (χ4v) is 4.65. The Morgan fingerprint density at radius 2 is 1.71 bits per heavy atom. The minimum Gasteiger partial charge on any atom is -0.489 e. The molecule has 0 radical (unpaired) electrons.